The van der Waals surface area contributed by atoms with Gasteiger partial charge in [0.2, 0.25) is 0 Å². The van der Waals surface area contributed by atoms with Crippen LogP contribution in [0, 0.1) is 0 Å². The summed E-state index contributed by atoms with van der Waals surface area (Å²) < 4.78 is 43.1. The van der Waals surface area contributed by atoms with Crippen molar-refractivity contribution in [2.45, 2.75) is 13.1 Å². The second kappa shape index (κ2) is 7.04. The number of ether oxygens (including phenoxy) is 1. The van der Waals surface area contributed by atoms with Crippen molar-refractivity contribution in [2.24, 2.45) is 5.10 Å². The molecule has 0 bridgehead atoms. The molecule has 2 aromatic carbocycles. The highest BCUT2D eigenvalue weighted by Crippen LogP contribution is 2.30. The van der Waals surface area contributed by atoms with Crippen molar-refractivity contribution in [3.05, 3.63) is 53.6 Å². The van der Waals surface area contributed by atoms with Gasteiger partial charge in [-0.1, -0.05) is 6.07 Å². The zero-order valence-electron chi connectivity index (χ0n) is 12.3. The Bertz CT molecular complexity index is 700. The summed E-state index contributed by atoms with van der Waals surface area (Å²) in [6, 6.07) is 9.38. The van der Waals surface area contributed by atoms with E-state index in [1.807, 2.05) is 0 Å². The normalized spacial score (nSPS) is 11.7. The Morgan fingerprint density at radius 1 is 1.22 bits per heavy atom. The summed E-state index contributed by atoms with van der Waals surface area (Å²) in [5.74, 6) is 0.324. The zero-order chi connectivity index (χ0) is 16.9. The minimum Gasteiger partial charge on any atom is -0.504 e. The molecule has 0 amide bonds. The fourth-order valence-corrected chi connectivity index (χ4v) is 1.83. The molecule has 0 heterocycles. The predicted molar refractivity (Wildman–Crippen MR) is 81.9 cm³/mol. The van der Waals surface area contributed by atoms with Gasteiger partial charge in [-0.15, -0.1) is 0 Å². The van der Waals surface area contributed by atoms with Crippen LogP contribution in [0.1, 0.15) is 18.1 Å². The molecule has 0 radical (unpaired) electrons. The van der Waals surface area contributed by atoms with Crippen LogP contribution < -0.4 is 10.2 Å². The van der Waals surface area contributed by atoms with E-state index in [0.29, 0.717) is 17.9 Å². The van der Waals surface area contributed by atoms with Gasteiger partial charge in [0.15, 0.2) is 11.5 Å². The zero-order valence-corrected chi connectivity index (χ0v) is 12.3. The van der Waals surface area contributed by atoms with Gasteiger partial charge in [0, 0.05) is 0 Å². The van der Waals surface area contributed by atoms with E-state index in [1.165, 1.54) is 24.4 Å². The average Bonchev–Trinajstić information content (AvgIpc) is 2.50. The van der Waals surface area contributed by atoms with Crippen molar-refractivity contribution in [1.82, 2.24) is 0 Å². The minimum atomic E-state index is -4.40. The number of alkyl halides is 3. The van der Waals surface area contributed by atoms with Gasteiger partial charge in [0.1, 0.15) is 0 Å². The number of hydrogen-bond donors (Lipinski definition) is 2. The Labute approximate surface area is 131 Å². The maximum Gasteiger partial charge on any atom is 0.416 e. The first kappa shape index (κ1) is 16.7. The number of benzene rings is 2. The Morgan fingerprint density at radius 2 is 2.00 bits per heavy atom. The Kier molecular flexibility index (Phi) is 5.10. The highest BCUT2D eigenvalue weighted by atomic mass is 19.4. The molecule has 2 N–H and O–H groups in total. The van der Waals surface area contributed by atoms with E-state index >= 15 is 0 Å². The lowest BCUT2D eigenvalue weighted by Crippen LogP contribution is -2.05. The van der Waals surface area contributed by atoms with Crippen LogP contribution >= 0.6 is 0 Å². The summed E-state index contributed by atoms with van der Waals surface area (Å²) in [6.07, 6.45) is -2.98. The number of rotatable bonds is 5. The molecule has 0 aliphatic carbocycles. The molecule has 0 saturated heterocycles. The van der Waals surface area contributed by atoms with E-state index in [1.54, 1.807) is 19.1 Å². The van der Waals surface area contributed by atoms with Gasteiger partial charge in [-0.3, -0.25) is 5.43 Å². The molecule has 0 unspecified atom stereocenters. The Morgan fingerprint density at radius 3 is 2.70 bits per heavy atom. The fraction of sp³-hybridized carbons (Fsp3) is 0.188. The molecule has 122 valence electrons. The van der Waals surface area contributed by atoms with Crippen molar-refractivity contribution in [1.29, 1.82) is 0 Å². The topological polar surface area (TPSA) is 53.8 Å². The largest absolute Gasteiger partial charge is 0.504 e. The molecule has 2 aromatic rings. The van der Waals surface area contributed by atoms with Crippen LogP contribution in [0.5, 0.6) is 11.5 Å². The summed E-state index contributed by atoms with van der Waals surface area (Å²) in [6.45, 7) is 2.19. The van der Waals surface area contributed by atoms with Crippen molar-refractivity contribution >= 4 is 11.9 Å². The monoisotopic (exact) mass is 324 g/mol. The lowest BCUT2D eigenvalue weighted by molar-refractivity contribution is -0.137. The maximum absolute atomic E-state index is 12.6. The number of nitrogens with zero attached hydrogens (tertiary/aromatic N) is 1. The Balaban J connectivity index is 2.09. The molecule has 0 spiro atoms. The number of aromatic hydroxyl groups is 1. The number of hydrogen-bond acceptors (Lipinski definition) is 4. The quantitative estimate of drug-likeness (QED) is 0.638. The predicted octanol–water partition coefficient (Wildman–Crippen LogP) is 4.26. The van der Waals surface area contributed by atoms with E-state index in [4.69, 9.17) is 4.74 Å². The number of nitrogens with one attached hydrogen (secondary N) is 1. The second-order valence-corrected chi connectivity index (χ2v) is 4.61. The first-order chi connectivity index (χ1) is 10.9. The van der Waals surface area contributed by atoms with Crippen LogP contribution in [-0.2, 0) is 6.18 Å². The molecule has 7 heteroatoms. The van der Waals surface area contributed by atoms with Crippen LogP contribution in [-0.4, -0.2) is 17.9 Å². The van der Waals surface area contributed by atoms with E-state index in [9.17, 15) is 18.3 Å². The van der Waals surface area contributed by atoms with Gasteiger partial charge >= 0.3 is 6.18 Å². The number of phenols is 1. The van der Waals surface area contributed by atoms with Gasteiger partial charge in [0.05, 0.1) is 24.1 Å². The SMILES string of the molecule is CCOc1cc(C=NNc2cccc(C(F)(F)F)c2)ccc1O. The molecule has 0 aliphatic heterocycles. The summed E-state index contributed by atoms with van der Waals surface area (Å²) in [4.78, 5) is 0. The molecular formula is C16H15F3N2O2. The van der Waals surface area contributed by atoms with Crippen molar-refractivity contribution in [2.75, 3.05) is 12.0 Å². The third kappa shape index (κ3) is 4.64. The maximum atomic E-state index is 12.6. The van der Waals surface area contributed by atoms with Gasteiger partial charge in [-0.25, -0.2) is 0 Å². The highest BCUT2D eigenvalue weighted by molar-refractivity contribution is 5.81. The number of phenolic OH excluding ortho intramolecular Hbond substituents is 1. The Hall–Kier alpha value is -2.70. The van der Waals surface area contributed by atoms with Gasteiger partial charge < -0.3 is 9.84 Å². The van der Waals surface area contributed by atoms with E-state index in [-0.39, 0.29) is 11.4 Å². The number of anilines is 1. The summed E-state index contributed by atoms with van der Waals surface area (Å²) >= 11 is 0. The van der Waals surface area contributed by atoms with E-state index < -0.39 is 11.7 Å². The third-order valence-electron chi connectivity index (χ3n) is 2.88. The third-order valence-corrected chi connectivity index (χ3v) is 2.88. The first-order valence-corrected chi connectivity index (χ1v) is 6.82. The van der Waals surface area contributed by atoms with Crippen LogP contribution in [0.25, 0.3) is 0 Å². The smallest absolute Gasteiger partial charge is 0.416 e. The van der Waals surface area contributed by atoms with Crippen molar-refractivity contribution < 1.29 is 23.0 Å². The molecule has 4 nitrogen and oxygen atoms in total. The van der Waals surface area contributed by atoms with Crippen LogP contribution in [0.4, 0.5) is 18.9 Å². The second-order valence-electron chi connectivity index (χ2n) is 4.61. The minimum absolute atomic E-state index is 0.00911. The molecule has 23 heavy (non-hydrogen) atoms. The summed E-state index contributed by atoms with van der Waals surface area (Å²) in [5.41, 5.74) is 2.64. The molecule has 2 rings (SSSR count). The molecule has 0 atom stereocenters. The van der Waals surface area contributed by atoms with Crippen LogP contribution in [0.2, 0.25) is 0 Å². The van der Waals surface area contributed by atoms with Gasteiger partial charge in [-0.2, -0.15) is 18.3 Å². The summed E-state index contributed by atoms with van der Waals surface area (Å²) in [5, 5.41) is 13.5. The first-order valence-electron chi connectivity index (χ1n) is 6.82. The molecule has 0 saturated carbocycles. The fourth-order valence-electron chi connectivity index (χ4n) is 1.83. The molecule has 0 aromatic heterocycles. The molecular weight excluding hydrogens is 309 g/mol. The van der Waals surface area contributed by atoms with Crippen molar-refractivity contribution in [3.8, 4) is 11.5 Å². The van der Waals surface area contributed by atoms with Crippen LogP contribution in [0.15, 0.2) is 47.6 Å². The van der Waals surface area contributed by atoms with Crippen molar-refractivity contribution in [3.63, 3.8) is 0 Å². The van der Waals surface area contributed by atoms with E-state index in [0.717, 1.165) is 12.1 Å². The lowest BCUT2D eigenvalue weighted by Gasteiger charge is -2.08. The number of halogens is 3. The van der Waals surface area contributed by atoms with Crippen LogP contribution in [0.3, 0.4) is 0 Å². The number of hydrazone groups is 1. The average molecular weight is 324 g/mol. The standard InChI is InChI=1S/C16H15F3N2O2/c1-2-23-15-8-11(6-7-14(15)22)10-20-21-13-5-3-4-12(9-13)16(17,18)19/h3-10,21-22H,2H2,1H3. The summed E-state index contributed by atoms with van der Waals surface area (Å²) in [7, 11) is 0. The van der Waals surface area contributed by atoms with E-state index in [2.05, 4.69) is 10.5 Å². The lowest BCUT2D eigenvalue weighted by atomic mass is 10.2. The molecule has 0 aliphatic rings. The van der Waals surface area contributed by atoms with Gasteiger partial charge in [-0.05, 0) is 48.9 Å². The molecule has 0 fully saturated rings. The highest BCUT2D eigenvalue weighted by Gasteiger charge is 2.30. The van der Waals surface area contributed by atoms with Gasteiger partial charge in [0.25, 0.3) is 0 Å².